The van der Waals surface area contributed by atoms with Crippen molar-refractivity contribution in [3.63, 3.8) is 0 Å². The molecule has 0 amide bonds. The number of hydrogen-bond donors (Lipinski definition) is 1. The third-order valence-electron chi connectivity index (χ3n) is 6.21. The molecule has 1 N–H and O–H groups in total. The quantitative estimate of drug-likeness (QED) is 0.569. The predicted molar refractivity (Wildman–Crippen MR) is 128 cm³/mol. The highest BCUT2D eigenvalue weighted by Crippen LogP contribution is 2.26. The van der Waals surface area contributed by atoms with Crippen LogP contribution in [0.1, 0.15) is 38.5 Å². The van der Waals surface area contributed by atoms with Crippen molar-refractivity contribution in [3.05, 3.63) is 30.3 Å². The fraction of sp³-hybridized carbons (Fsp3) is 0.600. The zero-order valence-electron chi connectivity index (χ0n) is 20.3. The number of nitrogens with one attached hydrogen (secondary N) is 1. The van der Waals surface area contributed by atoms with E-state index in [-0.39, 0.29) is 11.9 Å². The number of likely N-dealkylation sites (tertiary alicyclic amines) is 2. The van der Waals surface area contributed by atoms with E-state index >= 15 is 0 Å². The van der Waals surface area contributed by atoms with Gasteiger partial charge >= 0.3 is 11.9 Å². The summed E-state index contributed by atoms with van der Waals surface area (Å²) in [6, 6.07) is 12.3. The third-order valence-corrected chi connectivity index (χ3v) is 6.21. The van der Waals surface area contributed by atoms with Gasteiger partial charge in [0.05, 0.1) is 33.1 Å². The van der Waals surface area contributed by atoms with Crippen LogP contribution in [0.25, 0.3) is 0 Å². The molecule has 9 nitrogen and oxygen atoms in total. The van der Waals surface area contributed by atoms with Crippen LogP contribution in [0.5, 0.6) is 0 Å². The van der Waals surface area contributed by atoms with Gasteiger partial charge in [0, 0.05) is 57.8 Å². The number of nitrogens with zero attached hydrogens (tertiary/aromatic N) is 3. The largest absolute Gasteiger partial charge is 0.469 e. The Morgan fingerprint density at radius 2 is 1.44 bits per heavy atom. The number of Topliss-reactive ketones (excluding diaryl/α,β-unsaturated/α-hetero) is 1. The number of benzene rings is 1. The highest BCUT2D eigenvalue weighted by molar-refractivity contribution is 5.79. The molecule has 0 radical (unpaired) electrons. The molecule has 0 bridgehead atoms. The molecule has 0 saturated carbocycles. The van der Waals surface area contributed by atoms with Crippen molar-refractivity contribution in [2.45, 2.75) is 44.1 Å². The van der Waals surface area contributed by atoms with Crippen LogP contribution in [0.2, 0.25) is 0 Å². The lowest BCUT2D eigenvalue weighted by atomic mass is 9.88. The van der Waals surface area contributed by atoms with Crippen molar-refractivity contribution in [1.82, 2.24) is 9.80 Å². The first-order valence-corrected chi connectivity index (χ1v) is 11.7. The normalized spacial score (nSPS) is 18.1. The summed E-state index contributed by atoms with van der Waals surface area (Å²) >= 11 is 0. The Hall–Kier alpha value is -2.96. The molecule has 186 valence electrons. The molecule has 0 unspecified atom stereocenters. The van der Waals surface area contributed by atoms with E-state index in [1.807, 2.05) is 30.3 Å². The van der Waals surface area contributed by atoms with Crippen molar-refractivity contribution < 1.29 is 23.9 Å². The van der Waals surface area contributed by atoms with Crippen LogP contribution in [0.4, 0.5) is 5.69 Å². The molecule has 3 rings (SSSR count). The number of ether oxygens (including phenoxy) is 2. The lowest BCUT2D eigenvalue weighted by molar-refractivity contribution is -0.142. The zero-order chi connectivity index (χ0) is 24.8. The van der Waals surface area contributed by atoms with Gasteiger partial charge in [0.1, 0.15) is 11.3 Å². The first-order valence-electron chi connectivity index (χ1n) is 11.7. The minimum Gasteiger partial charge on any atom is -0.469 e. The second-order valence-electron chi connectivity index (χ2n) is 8.56. The summed E-state index contributed by atoms with van der Waals surface area (Å²) in [4.78, 5) is 37.2. The molecule has 9 heteroatoms. The van der Waals surface area contributed by atoms with Gasteiger partial charge in [-0.15, -0.1) is 0 Å². The van der Waals surface area contributed by atoms with E-state index in [1.165, 1.54) is 14.2 Å². The lowest BCUT2D eigenvalue weighted by Gasteiger charge is -2.38. The van der Waals surface area contributed by atoms with Gasteiger partial charge in [-0.3, -0.25) is 14.4 Å². The van der Waals surface area contributed by atoms with Crippen LogP contribution in [0.3, 0.4) is 0 Å². The van der Waals surface area contributed by atoms with E-state index in [1.54, 1.807) is 0 Å². The van der Waals surface area contributed by atoms with Crippen LogP contribution in [-0.2, 0) is 23.9 Å². The Balaban J connectivity index is 0.000000270. The molecule has 2 heterocycles. The number of ketones is 1. The molecule has 1 aromatic rings. The second-order valence-corrected chi connectivity index (χ2v) is 8.56. The molecule has 0 atom stereocenters. The van der Waals surface area contributed by atoms with Gasteiger partial charge < -0.3 is 24.6 Å². The fourth-order valence-corrected chi connectivity index (χ4v) is 3.95. The van der Waals surface area contributed by atoms with Crippen molar-refractivity contribution in [2.75, 3.05) is 58.8 Å². The molecule has 0 spiro atoms. The van der Waals surface area contributed by atoms with Crippen molar-refractivity contribution in [1.29, 1.82) is 5.26 Å². The summed E-state index contributed by atoms with van der Waals surface area (Å²) in [5, 5.41) is 12.9. The second kappa shape index (κ2) is 14.3. The Morgan fingerprint density at radius 3 is 1.91 bits per heavy atom. The molecule has 2 aliphatic heterocycles. The van der Waals surface area contributed by atoms with Gasteiger partial charge in [-0.1, -0.05) is 18.2 Å². The first kappa shape index (κ1) is 27.3. The Morgan fingerprint density at radius 1 is 0.941 bits per heavy atom. The maximum atomic E-state index is 11.2. The van der Waals surface area contributed by atoms with Crippen molar-refractivity contribution >= 4 is 23.4 Å². The SMILES string of the molecule is COC(=O)CCN1CCC(=O)CC1.COC(=O)CCN1CCC(C#N)(Nc2ccccc2)CC1. The van der Waals surface area contributed by atoms with Crippen molar-refractivity contribution in [2.24, 2.45) is 0 Å². The van der Waals surface area contributed by atoms with Crippen LogP contribution < -0.4 is 5.32 Å². The van der Waals surface area contributed by atoms with Gasteiger partial charge in [-0.05, 0) is 25.0 Å². The minimum atomic E-state index is -0.511. The number of anilines is 1. The van der Waals surface area contributed by atoms with Crippen LogP contribution >= 0.6 is 0 Å². The summed E-state index contributed by atoms with van der Waals surface area (Å²) in [6.07, 6.45) is 3.58. The van der Waals surface area contributed by atoms with Gasteiger partial charge in [0.15, 0.2) is 0 Å². The molecule has 2 aliphatic rings. The third kappa shape index (κ3) is 9.49. The maximum Gasteiger partial charge on any atom is 0.306 e. The average Bonchev–Trinajstić information content (AvgIpc) is 2.88. The van der Waals surface area contributed by atoms with E-state index < -0.39 is 5.54 Å². The highest BCUT2D eigenvalue weighted by Gasteiger charge is 2.34. The Bertz CT molecular complexity index is 821. The molecule has 34 heavy (non-hydrogen) atoms. The van der Waals surface area contributed by atoms with E-state index in [2.05, 4.69) is 30.7 Å². The smallest absolute Gasteiger partial charge is 0.306 e. The molecular weight excluding hydrogens is 436 g/mol. The van der Waals surface area contributed by atoms with Crippen LogP contribution in [0, 0.1) is 11.3 Å². The van der Waals surface area contributed by atoms with E-state index in [0.717, 1.165) is 44.7 Å². The molecule has 2 saturated heterocycles. The highest BCUT2D eigenvalue weighted by atomic mass is 16.5. The van der Waals surface area contributed by atoms with Crippen LogP contribution in [-0.4, -0.2) is 86.5 Å². The minimum absolute atomic E-state index is 0.183. The number of carbonyl (C=O) groups excluding carboxylic acids is 3. The van der Waals surface area contributed by atoms with Gasteiger partial charge in [0.25, 0.3) is 0 Å². The van der Waals surface area contributed by atoms with Gasteiger partial charge in [-0.25, -0.2) is 0 Å². The molecule has 0 aromatic heterocycles. The number of piperidine rings is 2. The maximum absolute atomic E-state index is 11.2. The molecule has 2 fully saturated rings. The summed E-state index contributed by atoms with van der Waals surface area (Å²) < 4.78 is 9.18. The molecular formula is C25H36N4O5. The van der Waals surface area contributed by atoms with Gasteiger partial charge in [0.2, 0.25) is 0 Å². The van der Waals surface area contributed by atoms with Crippen molar-refractivity contribution in [3.8, 4) is 6.07 Å². The summed E-state index contributed by atoms with van der Waals surface area (Å²) in [6.45, 7) is 4.60. The van der Waals surface area contributed by atoms with E-state index in [4.69, 9.17) is 0 Å². The standard InChI is InChI=1S/C16H21N3O2.C9H15NO3/c1-21-15(20)7-10-19-11-8-16(13-17,9-12-19)18-14-5-3-2-4-6-14;1-13-9(12)4-7-10-5-2-8(11)3-6-10/h2-6,18H,7-12H2,1H3;2-7H2,1H3. The monoisotopic (exact) mass is 472 g/mol. The number of carbonyl (C=O) groups is 3. The topological polar surface area (TPSA) is 112 Å². The first-order chi connectivity index (χ1) is 16.4. The van der Waals surface area contributed by atoms with Gasteiger partial charge in [-0.2, -0.15) is 5.26 Å². The van der Waals surface area contributed by atoms with E-state index in [0.29, 0.717) is 44.6 Å². The number of rotatable bonds is 8. The molecule has 1 aromatic carbocycles. The fourth-order valence-electron chi connectivity index (χ4n) is 3.95. The number of para-hydroxylation sites is 1. The number of hydrogen-bond acceptors (Lipinski definition) is 9. The zero-order valence-corrected chi connectivity index (χ0v) is 20.3. The Kier molecular flexibility index (Phi) is 11.5. The van der Waals surface area contributed by atoms with Crippen LogP contribution in [0.15, 0.2) is 30.3 Å². The Labute approximate surface area is 202 Å². The van der Waals surface area contributed by atoms with E-state index in [9.17, 15) is 19.6 Å². The molecule has 0 aliphatic carbocycles. The number of esters is 2. The predicted octanol–water partition coefficient (Wildman–Crippen LogP) is 2.23. The average molecular weight is 473 g/mol. The summed E-state index contributed by atoms with van der Waals surface area (Å²) in [5.74, 6) is -0.0410. The summed E-state index contributed by atoms with van der Waals surface area (Å²) in [5.41, 5.74) is 0.463. The number of nitriles is 1. The number of methoxy groups -OCH3 is 2. The lowest BCUT2D eigenvalue weighted by Crippen LogP contribution is -2.48. The summed E-state index contributed by atoms with van der Waals surface area (Å²) in [7, 11) is 2.80.